The Morgan fingerprint density at radius 3 is 2.55 bits per heavy atom. The zero-order valence-electron chi connectivity index (χ0n) is 12.2. The molecule has 0 bridgehead atoms. The second kappa shape index (κ2) is 6.70. The summed E-state index contributed by atoms with van der Waals surface area (Å²) >= 11 is 0. The maximum atomic E-state index is 10.9. The van der Waals surface area contributed by atoms with Gasteiger partial charge < -0.3 is 5.32 Å². The molecule has 0 unspecified atom stereocenters. The Labute approximate surface area is 122 Å². The van der Waals surface area contributed by atoms with E-state index in [0.717, 1.165) is 13.0 Å². The molecule has 0 aliphatic heterocycles. The maximum Gasteiger partial charge on any atom is 0.208 e. The van der Waals surface area contributed by atoms with E-state index in [4.69, 9.17) is 0 Å². The Kier molecular flexibility index (Phi) is 5.18. The third kappa shape index (κ3) is 4.58. The number of hydrogen-bond donors (Lipinski definition) is 2. The molecule has 4 nitrogen and oxygen atoms in total. The molecular weight excluding hydrogens is 272 g/mol. The van der Waals surface area contributed by atoms with E-state index in [1.807, 2.05) is 0 Å². The van der Waals surface area contributed by atoms with E-state index in [2.05, 4.69) is 41.2 Å². The van der Waals surface area contributed by atoms with Gasteiger partial charge >= 0.3 is 0 Å². The van der Waals surface area contributed by atoms with E-state index in [1.165, 1.54) is 30.2 Å². The van der Waals surface area contributed by atoms with Crippen molar-refractivity contribution in [3.63, 3.8) is 0 Å². The zero-order valence-corrected chi connectivity index (χ0v) is 13.0. The molecule has 1 aromatic carbocycles. The first kappa shape index (κ1) is 15.5. The molecule has 0 saturated heterocycles. The number of benzene rings is 1. The quantitative estimate of drug-likeness (QED) is 0.754. The van der Waals surface area contributed by atoms with Gasteiger partial charge in [0.25, 0.3) is 0 Å². The molecule has 2 N–H and O–H groups in total. The number of sulfonamides is 1. The zero-order chi connectivity index (χ0) is 14.6. The van der Waals surface area contributed by atoms with Crippen LogP contribution in [0.4, 0.5) is 0 Å². The molecule has 1 saturated carbocycles. The van der Waals surface area contributed by atoms with Crippen molar-refractivity contribution < 1.29 is 8.42 Å². The fraction of sp³-hybridized carbons (Fsp3) is 0.600. The third-order valence-corrected chi connectivity index (χ3v) is 4.65. The summed E-state index contributed by atoms with van der Waals surface area (Å²) in [4.78, 5) is 0. The van der Waals surface area contributed by atoms with Crippen LogP contribution in [-0.4, -0.2) is 33.8 Å². The molecular formula is C15H24N2O2S. The fourth-order valence-electron chi connectivity index (χ4n) is 2.74. The van der Waals surface area contributed by atoms with Crippen molar-refractivity contribution in [3.05, 3.63) is 35.4 Å². The lowest BCUT2D eigenvalue weighted by Gasteiger charge is -2.37. The summed E-state index contributed by atoms with van der Waals surface area (Å²) in [5.41, 5.74) is 2.86. The van der Waals surface area contributed by atoms with Crippen molar-refractivity contribution in [2.75, 3.05) is 19.3 Å². The van der Waals surface area contributed by atoms with Gasteiger partial charge in [0.15, 0.2) is 0 Å². The van der Waals surface area contributed by atoms with Crippen molar-refractivity contribution in [1.82, 2.24) is 10.0 Å². The third-order valence-electron chi connectivity index (χ3n) is 3.92. The van der Waals surface area contributed by atoms with Crippen LogP contribution in [-0.2, 0) is 10.0 Å². The number of hydrogen-bond acceptors (Lipinski definition) is 3. The lowest BCUT2D eigenvalue weighted by atomic mass is 9.74. The molecule has 0 heterocycles. The summed E-state index contributed by atoms with van der Waals surface area (Å²) in [7, 11) is -3.04. The molecule has 1 aliphatic rings. The highest BCUT2D eigenvalue weighted by Crippen LogP contribution is 2.38. The van der Waals surface area contributed by atoms with E-state index in [1.54, 1.807) is 0 Å². The Balaban J connectivity index is 1.62. The Morgan fingerprint density at radius 1 is 1.20 bits per heavy atom. The summed E-state index contributed by atoms with van der Waals surface area (Å²) < 4.78 is 24.3. The van der Waals surface area contributed by atoms with E-state index < -0.39 is 10.0 Å². The first-order valence-corrected chi connectivity index (χ1v) is 9.08. The smallest absolute Gasteiger partial charge is 0.208 e. The molecule has 20 heavy (non-hydrogen) atoms. The Morgan fingerprint density at radius 2 is 1.90 bits per heavy atom. The summed E-state index contributed by atoms with van der Waals surface area (Å²) in [5, 5.41) is 3.49. The largest absolute Gasteiger partial charge is 0.314 e. The van der Waals surface area contributed by atoms with Gasteiger partial charge in [0.2, 0.25) is 10.0 Å². The van der Waals surface area contributed by atoms with Crippen LogP contribution < -0.4 is 10.0 Å². The first-order chi connectivity index (χ1) is 9.46. The van der Waals surface area contributed by atoms with E-state index >= 15 is 0 Å². The predicted molar refractivity (Wildman–Crippen MR) is 82.4 cm³/mol. The molecule has 1 fully saturated rings. The van der Waals surface area contributed by atoms with Crippen molar-refractivity contribution in [1.29, 1.82) is 0 Å². The normalized spacial score (nSPS) is 22.5. The minimum Gasteiger partial charge on any atom is -0.314 e. The molecule has 1 aliphatic carbocycles. The van der Waals surface area contributed by atoms with E-state index in [9.17, 15) is 8.42 Å². The lowest BCUT2D eigenvalue weighted by Crippen LogP contribution is -2.41. The molecule has 0 atom stereocenters. The van der Waals surface area contributed by atoms with Crippen LogP contribution in [0.15, 0.2) is 24.3 Å². The van der Waals surface area contributed by atoms with Crippen LogP contribution in [0.3, 0.4) is 0 Å². The van der Waals surface area contributed by atoms with Gasteiger partial charge in [-0.1, -0.05) is 24.3 Å². The SMILES string of the molecule is Cc1ccccc1C1CC(NCCCNS(C)(=O)=O)C1. The highest BCUT2D eigenvalue weighted by Gasteiger charge is 2.30. The van der Waals surface area contributed by atoms with Gasteiger partial charge in [-0.15, -0.1) is 0 Å². The van der Waals surface area contributed by atoms with Crippen molar-refractivity contribution in [2.45, 2.75) is 38.1 Å². The van der Waals surface area contributed by atoms with Gasteiger partial charge in [0, 0.05) is 12.6 Å². The maximum absolute atomic E-state index is 10.9. The van der Waals surface area contributed by atoms with Crippen molar-refractivity contribution >= 4 is 10.0 Å². The Bertz CT molecular complexity index is 537. The minimum absolute atomic E-state index is 0.514. The van der Waals surface area contributed by atoms with Gasteiger partial charge in [0.05, 0.1) is 6.26 Å². The van der Waals surface area contributed by atoms with Gasteiger partial charge in [-0.3, -0.25) is 0 Å². The molecule has 5 heteroatoms. The predicted octanol–water partition coefficient (Wildman–Crippen LogP) is 1.77. The average Bonchev–Trinajstić information content (AvgIpc) is 2.31. The second-order valence-corrected chi connectivity index (χ2v) is 7.53. The standard InChI is InChI=1S/C15H24N2O2S/c1-12-6-3-4-7-15(12)13-10-14(11-13)16-8-5-9-17-20(2,18)19/h3-4,6-7,13-14,16-17H,5,8-11H2,1-2H3. The van der Waals surface area contributed by atoms with Crippen LogP contribution in [0.5, 0.6) is 0 Å². The van der Waals surface area contributed by atoms with Crippen molar-refractivity contribution in [3.8, 4) is 0 Å². The number of aryl methyl sites for hydroxylation is 1. The van der Waals surface area contributed by atoms with Gasteiger partial charge in [-0.05, 0) is 49.8 Å². The number of nitrogens with one attached hydrogen (secondary N) is 2. The van der Waals surface area contributed by atoms with Gasteiger partial charge in [-0.25, -0.2) is 13.1 Å². The van der Waals surface area contributed by atoms with E-state index in [0.29, 0.717) is 18.5 Å². The molecule has 0 aromatic heterocycles. The monoisotopic (exact) mass is 296 g/mol. The molecule has 0 spiro atoms. The van der Waals surface area contributed by atoms with Crippen molar-refractivity contribution in [2.24, 2.45) is 0 Å². The van der Waals surface area contributed by atoms with E-state index in [-0.39, 0.29) is 0 Å². The molecule has 112 valence electrons. The summed E-state index contributed by atoms with van der Waals surface area (Å²) in [5.74, 6) is 0.683. The highest BCUT2D eigenvalue weighted by atomic mass is 32.2. The topological polar surface area (TPSA) is 58.2 Å². The van der Waals surface area contributed by atoms with Gasteiger partial charge in [-0.2, -0.15) is 0 Å². The summed E-state index contributed by atoms with van der Waals surface area (Å²) in [6.45, 7) is 3.56. The highest BCUT2D eigenvalue weighted by molar-refractivity contribution is 7.88. The molecule has 0 radical (unpaired) electrons. The average molecular weight is 296 g/mol. The summed E-state index contributed by atoms with van der Waals surface area (Å²) in [6, 6.07) is 9.18. The van der Waals surface area contributed by atoms with Gasteiger partial charge in [0.1, 0.15) is 0 Å². The van der Waals surface area contributed by atoms with Crippen LogP contribution in [0.2, 0.25) is 0 Å². The van der Waals surface area contributed by atoms with Crippen LogP contribution in [0.1, 0.15) is 36.3 Å². The molecule has 0 amide bonds. The van der Waals surface area contributed by atoms with Crippen LogP contribution in [0, 0.1) is 6.92 Å². The lowest BCUT2D eigenvalue weighted by molar-refractivity contribution is 0.290. The Hall–Kier alpha value is -0.910. The fourth-order valence-corrected chi connectivity index (χ4v) is 3.25. The van der Waals surface area contributed by atoms with Crippen LogP contribution in [0.25, 0.3) is 0 Å². The number of rotatable bonds is 7. The summed E-state index contributed by atoms with van der Waals surface area (Å²) in [6.07, 6.45) is 4.40. The first-order valence-electron chi connectivity index (χ1n) is 7.19. The molecule has 1 aromatic rings. The minimum atomic E-state index is -3.04. The molecule has 2 rings (SSSR count). The second-order valence-electron chi connectivity index (χ2n) is 5.70. The van der Waals surface area contributed by atoms with Crippen LogP contribution >= 0.6 is 0 Å².